The topological polar surface area (TPSA) is 66.4 Å². The van der Waals surface area contributed by atoms with E-state index in [4.69, 9.17) is 6.42 Å². The van der Waals surface area contributed by atoms with E-state index in [1.807, 2.05) is 6.92 Å². The molecular formula is C13H17NO3S. The summed E-state index contributed by atoms with van der Waals surface area (Å²) in [6.45, 7) is 2.14. The Bertz CT molecular complexity index is 528. The van der Waals surface area contributed by atoms with Crippen molar-refractivity contribution in [3.63, 3.8) is 0 Å². The van der Waals surface area contributed by atoms with E-state index >= 15 is 0 Å². The summed E-state index contributed by atoms with van der Waals surface area (Å²) >= 11 is 0. The van der Waals surface area contributed by atoms with Gasteiger partial charge in [-0.3, -0.25) is 0 Å². The first kappa shape index (κ1) is 14.7. The summed E-state index contributed by atoms with van der Waals surface area (Å²) in [5.74, 6) is 2.50. The van der Waals surface area contributed by atoms with E-state index in [9.17, 15) is 13.5 Å². The molecule has 2 N–H and O–H groups in total. The third-order valence-electron chi connectivity index (χ3n) is 2.56. The highest BCUT2D eigenvalue weighted by Crippen LogP contribution is 2.16. The summed E-state index contributed by atoms with van der Waals surface area (Å²) in [5.41, 5.74) is 0.652. The fourth-order valence-corrected chi connectivity index (χ4v) is 2.03. The van der Waals surface area contributed by atoms with Gasteiger partial charge in [0, 0.05) is 12.8 Å². The molecule has 0 aliphatic carbocycles. The Labute approximate surface area is 108 Å². The highest BCUT2D eigenvalue weighted by molar-refractivity contribution is 7.90. The molecule has 0 spiro atoms. The van der Waals surface area contributed by atoms with Crippen molar-refractivity contribution in [2.75, 3.05) is 12.8 Å². The quantitative estimate of drug-likeness (QED) is 0.772. The van der Waals surface area contributed by atoms with Crippen LogP contribution in [0, 0.1) is 12.3 Å². The van der Waals surface area contributed by atoms with E-state index < -0.39 is 15.9 Å². The van der Waals surface area contributed by atoms with Crippen molar-refractivity contribution in [3.05, 3.63) is 29.8 Å². The van der Waals surface area contributed by atoms with E-state index in [0.29, 0.717) is 12.1 Å². The molecule has 0 fully saturated rings. The van der Waals surface area contributed by atoms with Crippen LogP contribution in [0.25, 0.3) is 0 Å². The number of terminal acetylenes is 1. The van der Waals surface area contributed by atoms with Crippen molar-refractivity contribution in [3.8, 4) is 12.3 Å². The second-order valence-electron chi connectivity index (χ2n) is 4.15. The van der Waals surface area contributed by atoms with Crippen molar-refractivity contribution >= 4 is 9.84 Å². The second kappa shape index (κ2) is 6.01. The molecule has 2 unspecified atom stereocenters. The highest BCUT2D eigenvalue weighted by Gasteiger charge is 2.11. The number of hydrogen-bond acceptors (Lipinski definition) is 4. The number of benzene rings is 1. The van der Waals surface area contributed by atoms with E-state index in [1.54, 1.807) is 12.1 Å². The lowest BCUT2D eigenvalue weighted by atomic mass is 10.1. The highest BCUT2D eigenvalue weighted by atomic mass is 32.2. The van der Waals surface area contributed by atoms with Gasteiger partial charge >= 0.3 is 0 Å². The summed E-state index contributed by atoms with van der Waals surface area (Å²) < 4.78 is 22.5. The minimum absolute atomic E-state index is 0.116. The van der Waals surface area contributed by atoms with Gasteiger partial charge in [0.15, 0.2) is 9.84 Å². The zero-order valence-corrected chi connectivity index (χ0v) is 11.2. The predicted molar refractivity (Wildman–Crippen MR) is 70.8 cm³/mol. The summed E-state index contributed by atoms with van der Waals surface area (Å²) in [5, 5.41) is 12.8. The molecule has 1 rings (SSSR count). The average molecular weight is 267 g/mol. The van der Waals surface area contributed by atoms with E-state index in [2.05, 4.69) is 11.2 Å². The van der Waals surface area contributed by atoms with Crippen LogP contribution in [-0.4, -0.2) is 32.4 Å². The molecule has 2 atom stereocenters. The van der Waals surface area contributed by atoms with Gasteiger partial charge in [-0.25, -0.2) is 8.42 Å². The normalized spacial score (nSPS) is 14.8. The third kappa shape index (κ3) is 4.15. The van der Waals surface area contributed by atoms with Crippen LogP contribution in [0.2, 0.25) is 0 Å². The summed E-state index contributed by atoms with van der Waals surface area (Å²) in [6.07, 6.45) is 5.64. The van der Waals surface area contributed by atoms with Gasteiger partial charge in [0.05, 0.1) is 17.0 Å². The van der Waals surface area contributed by atoms with Crippen molar-refractivity contribution in [1.82, 2.24) is 5.32 Å². The maximum atomic E-state index is 11.3. The molecule has 1 aromatic carbocycles. The molecule has 0 saturated heterocycles. The van der Waals surface area contributed by atoms with Crippen LogP contribution in [-0.2, 0) is 9.84 Å². The number of aliphatic hydroxyl groups excluding tert-OH is 1. The Hall–Kier alpha value is -1.35. The van der Waals surface area contributed by atoms with Gasteiger partial charge < -0.3 is 10.4 Å². The zero-order valence-electron chi connectivity index (χ0n) is 10.4. The van der Waals surface area contributed by atoms with Crippen LogP contribution in [0.15, 0.2) is 29.2 Å². The number of nitrogens with one attached hydrogen (secondary N) is 1. The van der Waals surface area contributed by atoms with E-state index in [1.165, 1.54) is 12.1 Å². The molecule has 0 heterocycles. The first-order valence-electron chi connectivity index (χ1n) is 5.52. The minimum atomic E-state index is -3.20. The first-order chi connectivity index (χ1) is 8.34. The fourth-order valence-electron chi connectivity index (χ4n) is 1.40. The Balaban J connectivity index is 2.71. The second-order valence-corrected chi connectivity index (χ2v) is 6.17. The smallest absolute Gasteiger partial charge is 0.175 e. The molecule has 5 heteroatoms. The largest absolute Gasteiger partial charge is 0.387 e. The molecule has 4 nitrogen and oxygen atoms in total. The van der Waals surface area contributed by atoms with Crippen LogP contribution in [0.3, 0.4) is 0 Å². The minimum Gasteiger partial charge on any atom is -0.387 e. The lowest BCUT2D eigenvalue weighted by Gasteiger charge is -2.14. The molecule has 0 aliphatic heterocycles. The van der Waals surface area contributed by atoms with Crippen molar-refractivity contribution in [2.45, 2.75) is 24.0 Å². The third-order valence-corrected chi connectivity index (χ3v) is 3.69. The Morgan fingerprint density at radius 2 is 1.94 bits per heavy atom. The maximum Gasteiger partial charge on any atom is 0.175 e. The van der Waals surface area contributed by atoms with Crippen LogP contribution in [0.4, 0.5) is 0 Å². The van der Waals surface area contributed by atoms with Crippen LogP contribution >= 0.6 is 0 Å². The molecule has 1 aromatic rings. The van der Waals surface area contributed by atoms with Gasteiger partial charge in [0.1, 0.15) is 0 Å². The van der Waals surface area contributed by atoms with Crippen molar-refractivity contribution in [1.29, 1.82) is 0 Å². The van der Waals surface area contributed by atoms with Crippen molar-refractivity contribution in [2.24, 2.45) is 0 Å². The molecule has 98 valence electrons. The van der Waals surface area contributed by atoms with Gasteiger partial charge in [-0.05, 0) is 24.6 Å². The fraction of sp³-hybridized carbons (Fsp3) is 0.385. The molecule has 0 amide bonds. The number of sulfone groups is 1. The van der Waals surface area contributed by atoms with Crippen LogP contribution in [0.1, 0.15) is 18.6 Å². The Morgan fingerprint density at radius 1 is 1.39 bits per heavy atom. The summed E-state index contributed by atoms with van der Waals surface area (Å²) in [4.78, 5) is 0.239. The monoisotopic (exact) mass is 267 g/mol. The van der Waals surface area contributed by atoms with Gasteiger partial charge in [-0.2, -0.15) is 0 Å². The first-order valence-corrected chi connectivity index (χ1v) is 7.41. The standard InChI is InChI=1S/C13H17NO3S/c1-4-10(2)14-9-13(15)11-5-7-12(8-6-11)18(3,16)17/h1,5-8,10,13-15H,9H2,2-3H3. The van der Waals surface area contributed by atoms with E-state index in [-0.39, 0.29) is 10.9 Å². The lowest BCUT2D eigenvalue weighted by Crippen LogP contribution is -2.29. The molecule has 0 aliphatic rings. The molecular weight excluding hydrogens is 250 g/mol. The molecule has 0 radical (unpaired) electrons. The Morgan fingerprint density at radius 3 is 2.39 bits per heavy atom. The lowest BCUT2D eigenvalue weighted by molar-refractivity contribution is 0.173. The summed E-state index contributed by atoms with van der Waals surface area (Å²) in [7, 11) is -3.20. The zero-order chi connectivity index (χ0) is 13.8. The molecule has 0 saturated carbocycles. The SMILES string of the molecule is C#CC(C)NCC(O)c1ccc(S(C)(=O)=O)cc1. The molecule has 0 bridgehead atoms. The number of aliphatic hydroxyl groups is 1. The number of rotatable bonds is 5. The maximum absolute atomic E-state index is 11.3. The number of hydrogen-bond donors (Lipinski definition) is 2. The Kier molecular flexibility index (Phi) is 4.91. The average Bonchev–Trinajstić information content (AvgIpc) is 2.34. The van der Waals surface area contributed by atoms with Gasteiger partial charge in [0.25, 0.3) is 0 Å². The van der Waals surface area contributed by atoms with Crippen LogP contribution in [0.5, 0.6) is 0 Å². The van der Waals surface area contributed by atoms with Gasteiger partial charge in [-0.1, -0.05) is 18.1 Å². The van der Waals surface area contributed by atoms with Gasteiger partial charge in [-0.15, -0.1) is 6.42 Å². The predicted octanol–water partition coefficient (Wildman–Crippen LogP) is 0.735. The summed E-state index contributed by atoms with van der Waals surface area (Å²) in [6, 6.07) is 6.05. The van der Waals surface area contributed by atoms with Crippen molar-refractivity contribution < 1.29 is 13.5 Å². The van der Waals surface area contributed by atoms with E-state index in [0.717, 1.165) is 6.26 Å². The molecule has 18 heavy (non-hydrogen) atoms. The van der Waals surface area contributed by atoms with Crippen LogP contribution < -0.4 is 5.32 Å². The van der Waals surface area contributed by atoms with Gasteiger partial charge in [0.2, 0.25) is 0 Å². The molecule has 0 aromatic heterocycles.